The Morgan fingerprint density at radius 2 is 0.529 bits per heavy atom. The van der Waals surface area contributed by atoms with E-state index in [1.165, 1.54) is 87.6 Å². The Balaban J connectivity index is 0.964. The number of rotatable bonds is 9. The zero-order valence-corrected chi connectivity index (χ0v) is 38.1. The average molecular weight is 869 g/mol. The fourth-order valence-corrected chi connectivity index (χ4v) is 10.2. The van der Waals surface area contributed by atoms with Gasteiger partial charge in [-0.05, 0) is 163 Å². The second-order valence-electron chi connectivity index (χ2n) is 17.9. The Hall–Kier alpha value is -8.72. The minimum absolute atomic E-state index is 1.12. The molecule has 0 fully saturated rings. The van der Waals surface area contributed by atoms with Crippen molar-refractivity contribution in [2.24, 2.45) is 0 Å². The SMILES string of the molecule is Cc1cc(-c2ccc(N(c3ccc4ccccc4c3)c3ccccc3-c3ccc4ccccc4c3)c(C)c2)ccc1N(c1ccc2ccccc2c1)c1ccccc1-c1ccc2ccccc2c1. The normalized spacial score (nSPS) is 11.4. The fraction of sp³-hybridized carbons (Fsp3) is 0.0303. The van der Waals surface area contributed by atoms with Gasteiger partial charge in [0, 0.05) is 33.9 Å². The van der Waals surface area contributed by atoms with Crippen molar-refractivity contribution < 1.29 is 0 Å². The summed E-state index contributed by atoms with van der Waals surface area (Å²) in [7, 11) is 0. The number of nitrogens with zero attached hydrogens (tertiary/aromatic N) is 2. The third kappa shape index (κ3) is 7.52. The summed E-state index contributed by atoms with van der Waals surface area (Å²) >= 11 is 0. The maximum atomic E-state index is 2.44. The maximum Gasteiger partial charge on any atom is 0.0540 e. The van der Waals surface area contributed by atoms with Crippen LogP contribution in [0, 0.1) is 13.8 Å². The smallest absolute Gasteiger partial charge is 0.0540 e. The van der Waals surface area contributed by atoms with Gasteiger partial charge in [0.25, 0.3) is 0 Å². The van der Waals surface area contributed by atoms with Crippen molar-refractivity contribution in [1.29, 1.82) is 0 Å². The average Bonchev–Trinajstić information content (AvgIpc) is 3.39. The van der Waals surface area contributed by atoms with Gasteiger partial charge >= 0.3 is 0 Å². The Morgan fingerprint density at radius 1 is 0.221 bits per heavy atom. The van der Waals surface area contributed by atoms with Crippen LogP contribution in [0.3, 0.4) is 0 Å². The molecule has 0 heterocycles. The van der Waals surface area contributed by atoms with Gasteiger partial charge in [-0.15, -0.1) is 0 Å². The summed E-state index contributed by atoms with van der Waals surface area (Å²) in [6.07, 6.45) is 0. The molecule has 0 aliphatic carbocycles. The molecule has 12 rings (SSSR count). The molecular weight excluding hydrogens is 821 g/mol. The minimum atomic E-state index is 1.12. The summed E-state index contributed by atoms with van der Waals surface area (Å²) in [6.45, 7) is 4.50. The highest BCUT2D eigenvalue weighted by molar-refractivity contribution is 5.98. The first-order chi connectivity index (χ1) is 33.5. The minimum Gasteiger partial charge on any atom is -0.310 e. The predicted molar refractivity (Wildman–Crippen MR) is 292 cm³/mol. The van der Waals surface area contributed by atoms with E-state index in [9.17, 15) is 0 Å². The third-order valence-corrected chi connectivity index (χ3v) is 13.6. The molecule has 0 aliphatic rings. The van der Waals surface area contributed by atoms with Crippen LogP contribution in [0.4, 0.5) is 34.1 Å². The van der Waals surface area contributed by atoms with E-state index in [1.807, 2.05) is 0 Å². The molecule has 0 spiro atoms. The van der Waals surface area contributed by atoms with Crippen LogP contribution in [-0.2, 0) is 0 Å². The monoisotopic (exact) mass is 868 g/mol. The molecule has 12 aromatic carbocycles. The van der Waals surface area contributed by atoms with Crippen LogP contribution in [0.1, 0.15) is 11.1 Å². The van der Waals surface area contributed by atoms with Crippen LogP contribution >= 0.6 is 0 Å². The molecule has 0 unspecified atom stereocenters. The number of fused-ring (bicyclic) bond motifs is 4. The van der Waals surface area contributed by atoms with Crippen LogP contribution in [0.15, 0.2) is 255 Å². The van der Waals surface area contributed by atoms with E-state index in [2.05, 4.69) is 278 Å². The second kappa shape index (κ2) is 17.3. The van der Waals surface area contributed by atoms with Gasteiger partial charge in [0.05, 0.1) is 11.4 Å². The van der Waals surface area contributed by atoms with Crippen LogP contribution < -0.4 is 9.80 Å². The number of hydrogen-bond acceptors (Lipinski definition) is 2. The zero-order valence-electron chi connectivity index (χ0n) is 38.1. The van der Waals surface area contributed by atoms with Gasteiger partial charge < -0.3 is 9.80 Å². The number of anilines is 6. The highest BCUT2D eigenvalue weighted by atomic mass is 15.2. The molecule has 68 heavy (non-hydrogen) atoms. The van der Waals surface area contributed by atoms with Crippen LogP contribution in [-0.4, -0.2) is 0 Å². The van der Waals surface area contributed by atoms with E-state index in [4.69, 9.17) is 0 Å². The van der Waals surface area contributed by atoms with Crippen molar-refractivity contribution >= 4 is 77.2 Å². The molecule has 0 saturated carbocycles. The van der Waals surface area contributed by atoms with Crippen LogP contribution in [0.2, 0.25) is 0 Å². The highest BCUT2D eigenvalue weighted by Gasteiger charge is 2.22. The molecule has 0 bridgehead atoms. The van der Waals surface area contributed by atoms with Crippen LogP contribution in [0.5, 0.6) is 0 Å². The summed E-state index contributed by atoms with van der Waals surface area (Å²) in [5, 5.41) is 9.80. The molecule has 2 heteroatoms. The first-order valence-corrected chi connectivity index (χ1v) is 23.5. The van der Waals surface area contributed by atoms with Crippen molar-refractivity contribution in [3.8, 4) is 33.4 Å². The third-order valence-electron chi connectivity index (χ3n) is 13.6. The molecule has 0 radical (unpaired) electrons. The van der Waals surface area contributed by atoms with Crippen molar-refractivity contribution in [3.63, 3.8) is 0 Å². The van der Waals surface area contributed by atoms with Gasteiger partial charge in [0.1, 0.15) is 0 Å². The number of para-hydroxylation sites is 2. The largest absolute Gasteiger partial charge is 0.310 e. The van der Waals surface area contributed by atoms with E-state index in [1.54, 1.807) is 0 Å². The van der Waals surface area contributed by atoms with Gasteiger partial charge in [-0.3, -0.25) is 0 Å². The molecule has 322 valence electrons. The number of aryl methyl sites for hydroxylation is 2. The van der Waals surface area contributed by atoms with E-state index >= 15 is 0 Å². The maximum absolute atomic E-state index is 2.44. The Bertz CT molecular complexity index is 3610. The van der Waals surface area contributed by atoms with Gasteiger partial charge in [-0.1, -0.05) is 182 Å². The summed E-state index contributed by atoms with van der Waals surface area (Å²) in [5.41, 5.74) is 16.2. The highest BCUT2D eigenvalue weighted by Crippen LogP contribution is 2.46. The molecule has 12 aromatic rings. The van der Waals surface area contributed by atoms with Crippen molar-refractivity contribution in [2.45, 2.75) is 13.8 Å². The standard InChI is InChI=1S/C66H48N2/c1-45-39-55(33-37-63(45)67(59-35-31-49-17-5-9-21-53(49)43-59)65-25-13-11-23-61(65)57-29-27-47-15-3-7-19-51(47)41-57)56-34-38-64(46(2)40-56)68(60-36-32-50-18-6-10-22-54(50)44-60)66-26-14-12-24-62(66)58-30-28-48-16-4-8-20-52(48)42-58/h3-44H,1-2H3. The summed E-state index contributed by atoms with van der Waals surface area (Å²) in [4.78, 5) is 4.89. The Kier molecular flexibility index (Phi) is 10.3. The van der Waals surface area contributed by atoms with Gasteiger partial charge in [0.15, 0.2) is 0 Å². The van der Waals surface area contributed by atoms with Gasteiger partial charge in [0.2, 0.25) is 0 Å². The molecule has 0 N–H and O–H groups in total. The molecule has 0 aromatic heterocycles. The van der Waals surface area contributed by atoms with Crippen molar-refractivity contribution in [3.05, 3.63) is 266 Å². The van der Waals surface area contributed by atoms with Crippen LogP contribution in [0.25, 0.3) is 76.5 Å². The van der Waals surface area contributed by atoms with E-state index in [0.29, 0.717) is 0 Å². The summed E-state index contributed by atoms with van der Waals surface area (Å²) in [5.74, 6) is 0. The summed E-state index contributed by atoms with van der Waals surface area (Å²) in [6, 6.07) is 93.2. The van der Waals surface area contributed by atoms with E-state index in [0.717, 1.165) is 34.1 Å². The Morgan fingerprint density at radius 3 is 0.912 bits per heavy atom. The second-order valence-corrected chi connectivity index (χ2v) is 17.9. The Labute approximate surface area is 398 Å². The molecular formula is C66H48N2. The topological polar surface area (TPSA) is 6.48 Å². The molecule has 0 atom stereocenters. The van der Waals surface area contributed by atoms with Gasteiger partial charge in [-0.25, -0.2) is 0 Å². The number of hydrogen-bond donors (Lipinski definition) is 0. The zero-order chi connectivity index (χ0) is 45.6. The molecule has 2 nitrogen and oxygen atoms in total. The lowest BCUT2D eigenvalue weighted by Gasteiger charge is -2.30. The molecule has 0 saturated heterocycles. The van der Waals surface area contributed by atoms with Gasteiger partial charge in [-0.2, -0.15) is 0 Å². The predicted octanol–water partition coefficient (Wildman–Crippen LogP) is 18.9. The van der Waals surface area contributed by atoms with E-state index in [-0.39, 0.29) is 0 Å². The lowest BCUT2D eigenvalue weighted by atomic mass is 9.96. The lowest BCUT2D eigenvalue weighted by Crippen LogP contribution is -2.13. The fourth-order valence-electron chi connectivity index (χ4n) is 10.2. The number of benzene rings is 12. The lowest BCUT2D eigenvalue weighted by molar-refractivity contribution is 1.25. The van der Waals surface area contributed by atoms with E-state index < -0.39 is 0 Å². The quantitative estimate of drug-likeness (QED) is 0.143. The summed E-state index contributed by atoms with van der Waals surface area (Å²) < 4.78 is 0. The first-order valence-electron chi connectivity index (χ1n) is 23.5. The van der Waals surface area contributed by atoms with Crippen molar-refractivity contribution in [1.82, 2.24) is 0 Å². The van der Waals surface area contributed by atoms with Crippen molar-refractivity contribution in [2.75, 3.05) is 9.80 Å². The first kappa shape index (κ1) is 40.8. The molecule has 0 aliphatic heterocycles. The molecule has 0 amide bonds.